The molecular weight excluding hydrogens is 222 g/mol. The second-order valence-electron chi connectivity index (χ2n) is 6.10. The van der Waals surface area contributed by atoms with E-state index in [1.165, 1.54) is 38.6 Å². The van der Waals surface area contributed by atoms with Crippen LogP contribution < -0.4 is 5.32 Å². The monoisotopic (exact) mass is 249 g/mol. The van der Waals surface area contributed by atoms with Gasteiger partial charge in [0.1, 0.15) is 5.54 Å². The summed E-state index contributed by atoms with van der Waals surface area (Å²) in [7, 11) is 0. The van der Waals surface area contributed by atoms with Gasteiger partial charge in [-0.1, -0.05) is 13.3 Å². The first-order valence-electron chi connectivity index (χ1n) is 7.62. The lowest BCUT2D eigenvalue weighted by molar-refractivity contribution is 0.119. The first-order chi connectivity index (χ1) is 8.72. The van der Waals surface area contributed by atoms with Gasteiger partial charge in [-0.15, -0.1) is 0 Å². The number of nitrogens with zero attached hydrogens (tertiary/aromatic N) is 2. The Morgan fingerprint density at radius 3 is 2.67 bits per heavy atom. The van der Waals surface area contributed by atoms with Gasteiger partial charge in [-0.2, -0.15) is 5.26 Å². The Kier molecular flexibility index (Phi) is 4.64. The SMILES string of the molecule is CCCNC(C#N)(CN1CCCCC1C)C1CC1. The molecule has 2 atom stereocenters. The lowest BCUT2D eigenvalue weighted by Gasteiger charge is -2.40. The van der Waals surface area contributed by atoms with Crippen LogP contribution in [0.3, 0.4) is 0 Å². The van der Waals surface area contributed by atoms with Crippen LogP contribution in [0.15, 0.2) is 0 Å². The van der Waals surface area contributed by atoms with Crippen molar-refractivity contribution in [3.63, 3.8) is 0 Å². The van der Waals surface area contributed by atoms with E-state index in [1.807, 2.05) is 0 Å². The van der Waals surface area contributed by atoms with Crippen molar-refractivity contribution in [2.24, 2.45) is 5.92 Å². The molecule has 18 heavy (non-hydrogen) atoms. The predicted molar refractivity (Wildman–Crippen MR) is 74.2 cm³/mol. The van der Waals surface area contributed by atoms with Gasteiger partial charge >= 0.3 is 0 Å². The van der Waals surface area contributed by atoms with Crippen LogP contribution in [0.1, 0.15) is 52.4 Å². The van der Waals surface area contributed by atoms with Crippen molar-refractivity contribution >= 4 is 0 Å². The third-order valence-corrected chi connectivity index (χ3v) is 4.56. The minimum absolute atomic E-state index is 0.276. The molecule has 3 heteroatoms. The van der Waals surface area contributed by atoms with E-state index in [0.29, 0.717) is 12.0 Å². The molecule has 1 heterocycles. The first-order valence-corrected chi connectivity index (χ1v) is 7.62. The number of nitriles is 1. The lowest BCUT2D eigenvalue weighted by Crippen LogP contribution is -2.57. The fourth-order valence-electron chi connectivity index (χ4n) is 3.13. The van der Waals surface area contributed by atoms with Gasteiger partial charge in [0.05, 0.1) is 6.07 Å². The number of nitrogens with one attached hydrogen (secondary N) is 1. The van der Waals surface area contributed by atoms with Gasteiger partial charge in [0.2, 0.25) is 0 Å². The predicted octanol–water partition coefficient (Wildman–Crippen LogP) is 2.53. The molecule has 2 rings (SSSR count). The van der Waals surface area contributed by atoms with E-state index in [0.717, 1.165) is 19.5 Å². The van der Waals surface area contributed by atoms with Gasteiger partial charge in [-0.25, -0.2) is 0 Å². The average Bonchev–Trinajstić information content (AvgIpc) is 3.22. The molecule has 1 saturated carbocycles. The molecule has 0 spiro atoms. The molecule has 1 saturated heterocycles. The van der Waals surface area contributed by atoms with E-state index in [-0.39, 0.29) is 5.54 Å². The Labute approximate surface area is 112 Å². The van der Waals surface area contributed by atoms with Gasteiger partial charge in [0.15, 0.2) is 0 Å². The van der Waals surface area contributed by atoms with E-state index >= 15 is 0 Å². The van der Waals surface area contributed by atoms with Crippen LogP contribution in [0.5, 0.6) is 0 Å². The highest BCUT2D eigenvalue weighted by Gasteiger charge is 2.46. The lowest BCUT2D eigenvalue weighted by atomic mass is 9.91. The fourth-order valence-corrected chi connectivity index (χ4v) is 3.13. The normalized spacial score (nSPS) is 28.6. The summed E-state index contributed by atoms with van der Waals surface area (Å²) in [6.45, 7) is 7.55. The first kappa shape index (κ1) is 13.8. The van der Waals surface area contributed by atoms with Crippen LogP contribution >= 0.6 is 0 Å². The molecule has 1 N–H and O–H groups in total. The van der Waals surface area contributed by atoms with Crippen molar-refractivity contribution in [1.29, 1.82) is 5.26 Å². The van der Waals surface area contributed by atoms with E-state index in [4.69, 9.17) is 0 Å². The maximum absolute atomic E-state index is 9.69. The Morgan fingerprint density at radius 2 is 2.11 bits per heavy atom. The quantitative estimate of drug-likeness (QED) is 0.786. The van der Waals surface area contributed by atoms with Gasteiger partial charge in [-0.05, 0) is 58.0 Å². The molecule has 102 valence electrons. The molecule has 0 bridgehead atoms. The van der Waals surface area contributed by atoms with Crippen LogP contribution in [0.25, 0.3) is 0 Å². The molecule has 0 aromatic heterocycles. The van der Waals surface area contributed by atoms with E-state index in [9.17, 15) is 5.26 Å². The summed E-state index contributed by atoms with van der Waals surface area (Å²) < 4.78 is 0. The minimum Gasteiger partial charge on any atom is -0.298 e. The maximum atomic E-state index is 9.69. The summed E-state index contributed by atoms with van der Waals surface area (Å²) in [6.07, 6.45) is 7.50. The third kappa shape index (κ3) is 3.05. The number of rotatable bonds is 6. The molecule has 0 aromatic carbocycles. The molecule has 1 aliphatic carbocycles. The fraction of sp³-hybridized carbons (Fsp3) is 0.933. The third-order valence-electron chi connectivity index (χ3n) is 4.56. The van der Waals surface area contributed by atoms with Gasteiger partial charge in [0, 0.05) is 12.6 Å². The van der Waals surface area contributed by atoms with Crippen molar-refractivity contribution in [3.05, 3.63) is 0 Å². The molecular formula is C15H27N3. The van der Waals surface area contributed by atoms with Crippen molar-refractivity contribution in [1.82, 2.24) is 10.2 Å². The Balaban J connectivity index is 2.01. The standard InChI is InChI=1S/C15H27N3/c1-3-9-17-15(11-16,14-7-8-14)12-18-10-5-4-6-13(18)2/h13-14,17H,3-10,12H2,1-2H3. The minimum atomic E-state index is -0.276. The summed E-state index contributed by atoms with van der Waals surface area (Å²) in [4.78, 5) is 2.54. The van der Waals surface area contributed by atoms with Crippen molar-refractivity contribution in [2.75, 3.05) is 19.6 Å². The molecule has 3 nitrogen and oxygen atoms in total. The smallest absolute Gasteiger partial charge is 0.122 e. The molecule has 2 unspecified atom stereocenters. The average molecular weight is 249 g/mol. The summed E-state index contributed by atoms with van der Waals surface area (Å²) in [5.74, 6) is 0.586. The largest absolute Gasteiger partial charge is 0.298 e. The zero-order valence-corrected chi connectivity index (χ0v) is 11.9. The van der Waals surface area contributed by atoms with E-state index < -0.39 is 0 Å². The zero-order valence-electron chi connectivity index (χ0n) is 11.9. The number of piperidine rings is 1. The van der Waals surface area contributed by atoms with Crippen LogP contribution in [-0.4, -0.2) is 36.1 Å². The van der Waals surface area contributed by atoms with Crippen LogP contribution in [0.4, 0.5) is 0 Å². The Bertz CT molecular complexity index is 305. The number of hydrogen-bond acceptors (Lipinski definition) is 3. The molecule has 0 aromatic rings. The van der Waals surface area contributed by atoms with Crippen LogP contribution in [-0.2, 0) is 0 Å². The van der Waals surface area contributed by atoms with Gasteiger partial charge < -0.3 is 0 Å². The highest BCUT2D eigenvalue weighted by atomic mass is 15.2. The molecule has 2 fully saturated rings. The topological polar surface area (TPSA) is 39.1 Å². The molecule has 0 amide bonds. The van der Waals surface area contributed by atoms with Crippen molar-refractivity contribution in [2.45, 2.75) is 64.0 Å². The summed E-state index contributed by atoms with van der Waals surface area (Å²) in [5, 5.41) is 13.3. The summed E-state index contributed by atoms with van der Waals surface area (Å²) in [5.41, 5.74) is -0.276. The van der Waals surface area contributed by atoms with Gasteiger partial charge in [-0.3, -0.25) is 10.2 Å². The summed E-state index contributed by atoms with van der Waals surface area (Å²) in [6, 6.07) is 3.27. The Morgan fingerprint density at radius 1 is 1.33 bits per heavy atom. The zero-order chi connectivity index (χ0) is 13.0. The van der Waals surface area contributed by atoms with Gasteiger partial charge in [0.25, 0.3) is 0 Å². The highest BCUT2D eigenvalue weighted by molar-refractivity contribution is 5.17. The van der Waals surface area contributed by atoms with E-state index in [1.54, 1.807) is 0 Å². The number of likely N-dealkylation sites (tertiary alicyclic amines) is 1. The second kappa shape index (κ2) is 6.04. The highest BCUT2D eigenvalue weighted by Crippen LogP contribution is 2.40. The van der Waals surface area contributed by atoms with Crippen molar-refractivity contribution in [3.8, 4) is 6.07 Å². The van der Waals surface area contributed by atoms with Crippen molar-refractivity contribution < 1.29 is 0 Å². The van der Waals surface area contributed by atoms with Crippen LogP contribution in [0, 0.1) is 17.2 Å². The molecule has 2 aliphatic rings. The molecule has 0 radical (unpaired) electrons. The second-order valence-corrected chi connectivity index (χ2v) is 6.10. The van der Waals surface area contributed by atoms with Crippen LogP contribution in [0.2, 0.25) is 0 Å². The Hall–Kier alpha value is -0.590. The summed E-state index contributed by atoms with van der Waals surface area (Å²) >= 11 is 0. The maximum Gasteiger partial charge on any atom is 0.122 e. The van der Waals surface area contributed by atoms with E-state index in [2.05, 4.69) is 30.1 Å². The molecule has 1 aliphatic heterocycles. The number of hydrogen-bond donors (Lipinski definition) is 1.